The van der Waals surface area contributed by atoms with Crippen LogP contribution in [0.15, 0.2) is 53.4 Å². The van der Waals surface area contributed by atoms with Gasteiger partial charge in [0.1, 0.15) is 11.8 Å². The predicted octanol–water partition coefficient (Wildman–Crippen LogP) is 6.24. The van der Waals surface area contributed by atoms with E-state index < -0.39 is 28.7 Å². The van der Waals surface area contributed by atoms with Crippen molar-refractivity contribution in [1.82, 2.24) is 0 Å². The first-order chi connectivity index (χ1) is 18.0. The van der Waals surface area contributed by atoms with Crippen LogP contribution in [-0.4, -0.2) is 27.5 Å². The maximum atomic E-state index is 13.3. The van der Waals surface area contributed by atoms with Gasteiger partial charge in [-0.05, 0) is 106 Å². The van der Waals surface area contributed by atoms with E-state index in [4.69, 9.17) is 9.47 Å². The van der Waals surface area contributed by atoms with Crippen molar-refractivity contribution < 1.29 is 23.6 Å². The average Bonchev–Trinajstić information content (AvgIpc) is 2.88. The number of aryl methyl sites for hydroxylation is 2. The maximum Gasteiger partial charge on any atom is 0.337 e. The molecule has 2 N–H and O–H groups in total. The Morgan fingerprint density at radius 2 is 1.92 bits per heavy atom. The van der Waals surface area contributed by atoms with Gasteiger partial charge in [-0.3, -0.25) is 0 Å². The molecule has 2 unspecified atom stereocenters. The van der Waals surface area contributed by atoms with Gasteiger partial charge in [-0.15, -0.1) is 0 Å². The van der Waals surface area contributed by atoms with Gasteiger partial charge in [0.05, 0.1) is 28.4 Å². The van der Waals surface area contributed by atoms with E-state index in [9.17, 15) is 19.4 Å². The minimum atomic E-state index is -1.75. The lowest BCUT2D eigenvalue weighted by Gasteiger charge is -2.30. The zero-order valence-corrected chi connectivity index (χ0v) is 23.1. The van der Waals surface area contributed by atoms with E-state index >= 15 is 0 Å². The molecule has 1 heterocycles. The summed E-state index contributed by atoms with van der Waals surface area (Å²) in [5, 5.41) is 19.8. The Bertz CT molecular complexity index is 1450. The predicted molar refractivity (Wildman–Crippen MR) is 148 cm³/mol. The van der Waals surface area contributed by atoms with E-state index in [0.29, 0.717) is 33.9 Å². The molecule has 3 aromatic carbocycles. The fourth-order valence-electron chi connectivity index (χ4n) is 4.74. The lowest BCUT2D eigenvalue weighted by Crippen LogP contribution is -2.28. The van der Waals surface area contributed by atoms with Crippen LogP contribution in [0.3, 0.4) is 0 Å². The fraction of sp³-hybridized carbons (Fsp3) is 0.333. The number of carboxylic acids is 1. The highest BCUT2D eigenvalue weighted by molar-refractivity contribution is 7.86. The van der Waals surface area contributed by atoms with E-state index in [1.165, 1.54) is 0 Å². The van der Waals surface area contributed by atoms with Gasteiger partial charge in [0.25, 0.3) is 0 Å². The van der Waals surface area contributed by atoms with Gasteiger partial charge in [0.15, 0.2) is 17.1 Å². The Hall–Kier alpha value is -3.67. The average molecular weight is 533 g/mol. The monoisotopic (exact) mass is 532 g/mol. The molecule has 8 heteroatoms. The van der Waals surface area contributed by atoms with Crippen molar-refractivity contribution in [3.63, 3.8) is 0 Å². The molecule has 7 nitrogen and oxygen atoms in total. The SMILES string of the molecule is Cc1cc(NS(=O)c2ccccc2C#N)c(C)c(C(OC(C)(C)C)C(=O)O)c1-c1ccc2c(c1)CCCO2. The lowest BCUT2D eigenvalue weighted by atomic mass is 9.86. The van der Waals surface area contributed by atoms with Gasteiger partial charge in [-0.25, -0.2) is 9.00 Å². The second kappa shape index (κ2) is 11.0. The number of aliphatic carboxylic acids is 1. The standard InChI is InChI=1S/C30H32N2O5S/c1-18-15-23(32-38(35)25-11-7-6-9-22(25)17-31)19(2)27(28(29(33)34)37-30(3,4)5)26(18)21-12-13-24-20(16-21)10-8-14-36-24/h6-7,9,11-13,15-16,28,32H,8,10,14H2,1-5H3,(H,33,34). The first kappa shape index (κ1) is 27.4. The molecule has 0 radical (unpaired) electrons. The molecule has 0 saturated heterocycles. The fourth-order valence-corrected chi connectivity index (χ4v) is 5.77. The van der Waals surface area contributed by atoms with Crippen LogP contribution in [0.25, 0.3) is 11.1 Å². The topological polar surface area (TPSA) is 109 Å². The number of anilines is 1. The van der Waals surface area contributed by atoms with Gasteiger partial charge < -0.3 is 19.3 Å². The van der Waals surface area contributed by atoms with Crippen molar-refractivity contribution in [2.75, 3.05) is 11.3 Å². The number of nitrogens with one attached hydrogen (secondary N) is 1. The number of nitrogens with zero attached hydrogens (tertiary/aromatic N) is 1. The van der Waals surface area contributed by atoms with Crippen LogP contribution in [0, 0.1) is 25.2 Å². The first-order valence-corrected chi connectivity index (χ1v) is 13.6. The van der Waals surface area contributed by atoms with Crippen molar-refractivity contribution in [1.29, 1.82) is 5.26 Å². The summed E-state index contributed by atoms with van der Waals surface area (Å²) in [5.41, 5.74) is 4.71. The summed E-state index contributed by atoms with van der Waals surface area (Å²) in [5.74, 6) is -0.264. The number of ether oxygens (including phenoxy) is 2. The van der Waals surface area contributed by atoms with Gasteiger partial charge in [-0.2, -0.15) is 5.26 Å². The molecule has 0 bridgehead atoms. The summed E-state index contributed by atoms with van der Waals surface area (Å²) < 4.78 is 28.2. The third-order valence-corrected chi connectivity index (χ3v) is 7.56. The van der Waals surface area contributed by atoms with Crippen LogP contribution < -0.4 is 9.46 Å². The van der Waals surface area contributed by atoms with Gasteiger partial charge in [-0.1, -0.05) is 18.2 Å². The van der Waals surface area contributed by atoms with E-state index in [-0.39, 0.29) is 0 Å². The summed E-state index contributed by atoms with van der Waals surface area (Å²) >= 11 is 0. The first-order valence-electron chi connectivity index (χ1n) is 12.5. The number of carbonyl (C=O) groups is 1. The Balaban J connectivity index is 1.90. The number of nitriles is 1. The highest BCUT2D eigenvalue weighted by Gasteiger charge is 2.33. The summed E-state index contributed by atoms with van der Waals surface area (Å²) in [6.07, 6.45) is 0.539. The number of rotatable bonds is 7. The van der Waals surface area contributed by atoms with Crippen molar-refractivity contribution in [3.8, 4) is 22.9 Å². The quantitative estimate of drug-likeness (QED) is 0.373. The number of benzene rings is 3. The molecule has 2 atom stereocenters. The molecule has 0 aliphatic carbocycles. The number of fused-ring (bicyclic) bond motifs is 1. The minimum Gasteiger partial charge on any atom is -0.493 e. The molecule has 0 saturated carbocycles. The van der Waals surface area contributed by atoms with Crippen LogP contribution in [0.1, 0.15) is 61.1 Å². The van der Waals surface area contributed by atoms with Crippen molar-refractivity contribution in [2.45, 2.75) is 64.1 Å². The second-order valence-electron chi connectivity index (χ2n) is 10.4. The zero-order valence-electron chi connectivity index (χ0n) is 22.3. The van der Waals surface area contributed by atoms with Gasteiger partial charge >= 0.3 is 5.97 Å². The highest BCUT2D eigenvalue weighted by atomic mass is 32.2. The molecule has 38 heavy (non-hydrogen) atoms. The maximum absolute atomic E-state index is 13.3. The molecule has 0 fully saturated rings. The van der Waals surface area contributed by atoms with Gasteiger partial charge in [0, 0.05) is 5.56 Å². The Labute approximate surface area is 226 Å². The molecule has 0 aromatic heterocycles. The van der Waals surface area contributed by atoms with Crippen molar-refractivity contribution in [2.24, 2.45) is 0 Å². The molecule has 0 spiro atoms. The highest BCUT2D eigenvalue weighted by Crippen LogP contribution is 2.42. The largest absolute Gasteiger partial charge is 0.493 e. The number of carboxylic acid groups (broad SMARTS) is 1. The third-order valence-electron chi connectivity index (χ3n) is 6.40. The van der Waals surface area contributed by atoms with Crippen LogP contribution in [0.2, 0.25) is 0 Å². The zero-order chi connectivity index (χ0) is 27.6. The molecule has 4 rings (SSSR count). The van der Waals surface area contributed by atoms with E-state index in [1.54, 1.807) is 31.2 Å². The normalized spacial score (nSPS) is 14.5. The lowest BCUT2D eigenvalue weighted by molar-refractivity contribution is -0.160. The molecule has 1 aliphatic rings. The molecular weight excluding hydrogens is 500 g/mol. The van der Waals surface area contributed by atoms with Crippen LogP contribution >= 0.6 is 0 Å². The Kier molecular flexibility index (Phi) is 7.91. The Morgan fingerprint density at radius 1 is 1.18 bits per heavy atom. The molecule has 198 valence electrons. The van der Waals surface area contributed by atoms with Gasteiger partial charge in [0.2, 0.25) is 0 Å². The van der Waals surface area contributed by atoms with E-state index in [2.05, 4.69) is 16.9 Å². The summed E-state index contributed by atoms with van der Waals surface area (Å²) in [6, 6.07) is 16.6. The smallest absolute Gasteiger partial charge is 0.337 e. The van der Waals surface area contributed by atoms with E-state index in [1.807, 2.05) is 45.9 Å². The number of hydrogen-bond donors (Lipinski definition) is 2. The molecular formula is C30H32N2O5S. The summed E-state index contributed by atoms with van der Waals surface area (Å²) in [4.78, 5) is 13.0. The molecule has 3 aromatic rings. The van der Waals surface area contributed by atoms with Crippen molar-refractivity contribution >= 4 is 22.6 Å². The third kappa shape index (κ3) is 5.74. The minimum absolute atomic E-state index is 0.306. The Morgan fingerprint density at radius 3 is 2.61 bits per heavy atom. The van der Waals surface area contributed by atoms with Crippen LogP contribution in [-0.2, 0) is 26.9 Å². The summed E-state index contributed by atoms with van der Waals surface area (Å²) in [7, 11) is -1.75. The van der Waals surface area contributed by atoms with E-state index in [0.717, 1.165) is 40.8 Å². The van der Waals surface area contributed by atoms with Crippen molar-refractivity contribution in [3.05, 3.63) is 76.3 Å². The molecule has 1 aliphatic heterocycles. The number of hydrogen-bond acceptors (Lipinski definition) is 5. The summed E-state index contributed by atoms with van der Waals surface area (Å²) in [6.45, 7) is 9.84. The molecule has 0 amide bonds. The van der Waals surface area contributed by atoms with Crippen LogP contribution in [0.4, 0.5) is 5.69 Å². The second-order valence-corrected chi connectivity index (χ2v) is 11.5. The van der Waals surface area contributed by atoms with Crippen LogP contribution in [0.5, 0.6) is 5.75 Å².